The van der Waals surface area contributed by atoms with Gasteiger partial charge in [-0.2, -0.15) is 0 Å². The molecule has 0 aliphatic carbocycles. The summed E-state index contributed by atoms with van der Waals surface area (Å²) in [7, 11) is 0. The smallest absolute Gasteiger partial charge is 0.0160 e. The van der Waals surface area contributed by atoms with Gasteiger partial charge in [0.25, 0.3) is 0 Å². The minimum Gasteiger partial charge on any atom is -0.358 e. The van der Waals surface area contributed by atoms with Crippen molar-refractivity contribution >= 4 is 0 Å². The molecule has 1 heterocycles. The van der Waals surface area contributed by atoms with E-state index >= 15 is 0 Å². The third-order valence-corrected chi connectivity index (χ3v) is 1.97. The molecule has 0 aliphatic rings. The number of aryl methyl sites for hydroxylation is 1. The van der Waals surface area contributed by atoms with E-state index in [0.717, 1.165) is 11.3 Å². The summed E-state index contributed by atoms with van der Waals surface area (Å²) in [5, 5.41) is 0. The molecule has 1 aromatic carbocycles. The van der Waals surface area contributed by atoms with E-state index in [1.807, 2.05) is 64.2 Å². The second-order valence-corrected chi connectivity index (χ2v) is 2.95. The van der Waals surface area contributed by atoms with Gasteiger partial charge >= 0.3 is 0 Å². The van der Waals surface area contributed by atoms with Gasteiger partial charge in [-0.05, 0) is 18.7 Å². The van der Waals surface area contributed by atoms with Gasteiger partial charge in [-0.15, -0.1) is 35.9 Å². The van der Waals surface area contributed by atoms with E-state index in [4.69, 9.17) is 0 Å². The van der Waals surface area contributed by atoms with Crippen LogP contribution in [0.25, 0.3) is 11.3 Å². The Morgan fingerprint density at radius 2 is 1.50 bits per heavy atom. The van der Waals surface area contributed by atoms with Crippen molar-refractivity contribution in [2.45, 2.75) is 34.6 Å². The van der Waals surface area contributed by atoms with Crippen LogP contribution in [0.1, 0.15) is 33.3 Å². The summed E-state index contributed by atoms with van der Waals surface area (Å²) in [6.07, 6.45) is 1.81. The third-order valence-electron chi connectivity index (χ3n) is 1.97. The predicted molar refractivity (Wildman–Crippen MR) is 88.8 cm³/mol. The molecular weight excluding hydrogens is 425 g/mol. The molecule has 0 N–H and O–H groups in total. The SMILES string of the molecule is CC.CC.Cc1cccnc1-c1[c-]cccc1.[CH3-].[CH3-].[Pt]. The molecule has 20 heavy (non-hydrogen) atoms. The zero-order valence-electron chi connectivity index (χ0n) is 13.8. The summed E-state index contributed by atoms with van der Waals surface area (Å²) < 4.78 is 0. The quantitative estimate of drug-likeness (QED) is 0.497. The molecule has 0 aliphatic heterocycles. The maximum atomic E-state index is 4.32. The van der Waals surface area contributed by atoms with Gasteiger partial charge in [0, 0.05) is 27.3 Å². The van der Waals surface area contributed by atoms with Crippen molar-refractivity contribution in [3.05, 3.63) is 69.1 Å². The Morgan fingerprint density at radius 3 is 1.95 bits per heavy atom. The van der Waals surface area contributed by atoms with Gasteiger partial charge in [0.1, 0.15) is 0 Å². The normalized spacial score (nSPS) is 7.05. The summed E-state index contributed by atoms with van der Waals surface area (Å²) in [4.78, 5) is 4.32. The first kappa shape index (κ1) is 27.4. The van der Waals surface area contributed by atoms with Gasteiger partial charge in [-0.3, -0.25) is 0 Å². The first-order valence-corrected chi connectivity index (χ1v) is 6.26. The van der Waals surface area contributed by atoms with Crippen LogP contribution in [0.3, 0.4) is 0 Å². The van der Waals surface area contributed by atoms with Gasteiger partial charge < -0.3 is 19.8 Å². The standard InChI is InChI=1S/C12H10N.2C2H6.2CH3.Pt/c1-10-6-5-9-13-12(10)11-7-3-2-4-8-11;2*1-2;;;/h2-7,9H,1H3;2*1-2H3;2*1H3;/q-1;;;2*-1;. The second-order valence-electron chi connectivity index (χ2n) is 2.95. The van der Waals surface area contributed by atoms with E-state index in [-0.39, 0.29) is 35.9 Å². The van der Waals surface area contributed by atoms with E-state index in [1.165, 1.54) is 5.56 Å². The van der Waals surface area contributed by atoms with Crippen LogP contribution < -0.4 is 0 Å². The van der Waals surface area contributed by atoms with Crippen LogP contribution in [-0.4, -0.2) is 4.98 Å². The molecule has 0 saturated carbocycles. The van der Waals surface area contributed by atoms with Crippen molar-refractivity contribution in [2.24, 2.45) is 0 Å². The van der Waals surface area contributed by atoms with Crippen LogP contribution in [0.15, 0.2) is 42.6 Å². The Bertz CT molecular complexity index is 399. The van der Waals surface area contributed by atoms with Gasteiger partial charge in [-0.25, -0.2) is 0 Å². The fourth-order valence-corrected chi connectivity index (χ4v) is 1.31. The summed E-state index contributed by atoms with van der Waals surface area (Å²) in [6.45, 7) is 10.1. The van der Waals surface area contributed by atoms with Gasteiger partial charge in [-0.1, -0.05) is 39.3 Å². The molecule has 0 saturated heterocycles. The summed E-state index contributed by atoms with van der Waals surface area (Å²) in [6, 6.07) is 15.1. The Balaban J connectivity index is -0.000000169. The van der Waals surface area contributed by atoms with Crippen LogP contribution in [0.5, 0.6) is 0 Å². The van der Waals surface area contributed by atoms with Crippen LogP contribution >= 0.6 is 0 Å². The van der Waals surface area contributed by atoms with Crippen molar-refractivity contribution in [3.8, 4) is 11.3 Å². The average Bonchev–Trinajstić information content (AvgIpc) is 2.45. The van der Waals surface area contributed by atoms with E-state index in [2.05, 4.69) is 24.0 Å². The maximum Gasteiger partial charge on any atom is 0.0160 e. The molecule has 0 spiro atoms. The molecule has 2 rings (SSSR count). The monoisotopic (exact) mass is 453 g/mol. The molecule has 0 radical (unpaired) electrons. The molecule has 0 bridgehead atoms. The molecule has 0 atom stereocenters. The zero-order chi connectivity index (χ0) is 13.1. The minimum absolute atomic E-state index is 0. The Hall–Kier alpha value is -0.942. The maximum absolute atomic E-state index is 4.32. The van der Waals surface area contributed by atoms with E-state index in [0.29, 0.717) is 0 Å². The van der Waals surface area contributed by atoms with Crippen LogP contribution in [0.4, 0.5) is 0 Å². The number of hydrogen-bond acceptors (Lipinski definition) is 1. The van der Waals surface area contributed by atoms with Gasteiger partial charge in [0.05, 0.1) is 0 Å². The topological polar surface area (TPSA) is 12.9 Å². The molecule has 0 amide bonds. The number of pyridine rings is 1. The average molecular weight is 454 g/mol. The Labute approximate surface area is 141 Å². The summed E-state index contributed by atoms with van der Waals surface area (Å²) >= 11 is 0. The first-order chi connectivity index (χ1) is 8.38. The van der Waals surface area contributed by atoms with Crippen LogP contribution in [0.2, 0.25) is 0 Å². The summed E-state index contributed by atoms with van der Waals surface area (Å²) in [5.74, 6) is 0. The number of rotatable bonds is 1. The minimum atomic E-state index is 0. The fraction of sp³-hybridized carbons (Fsp3) is 0.278. The van der Waals surface area contributed by atoms with Crippen molar-refractivity contribution < 1.29 is 21.1 Å². The molecule has 2 heteroatoms. The molecule has 1 nitrogen and oxygen atoms in total. The largest absolute Gasteiger partial charge is 0.358 e. The van der Waals surface area contributed by atoms with E-state index in [1.54, 1.807) is 0 Å². The number of hydrogen-bond donors (Lipinski definition) is 0. The van der Waals surface area contributed by atoms with Crippen molar-refractivity contribution in [1.82, 2.24) is 4.98 Å². The van der Waals surface area contributed by atoms with Gasteiger partial charge in [0.15, 0.2) is 0 Å². The fourth-order valence-electron chi connectivity index (χ4n) is 1.31. The second kappa shape index (κ2) is 18.1. The number of aromatic nitrogens is 1. The Morgan fingerprint density at radius 1 is 0.900 bits per heavy atom. The number of nitrogens with zero attached hydrogens (tertiary/aromatic N) is 1. The molecule has 0 unspecified atom stereocenters. The molecular formula is C18H28NPt-3. The Kier molecular flexibility index (Phi) is 24.7. The predicted octanol–water partition coefficient (Wildman–Crippen LogP) is 5.81. The molecule has 1 aromatic heterocycles. The summed E-state index contributed by atoms with van der Waals surface area (Å²) in [5.41, 5.74) is 3.26. The molecule has 118 valence electrons. The van der Waals surface area contributed by atoms with Crippen molar-refractivity contribution in [2.75, 3.05) is 0 Å². The van der Waals surface area contributed by atoms with Crippen LogP contribution in [-0.2, 0) is 21.1 Å². The molecule has 2 aromatic rings. The van der Waals surface area contributed by atoms with Gasteiger partial charge in [0.2, 0.25) is 0 Å². The third kappa shape index (κ3) is 9.04. The van der Waals surface area contributed by atoms with Crippen molar-refractivity contribution in [1.29, 1.82) is 0 Å². The first-order valence-electron chi connectivity index (χ1n) is 6.26. The molecule has 0 fully saturated rings. The zero-order valence-corrected chi connectivity index (χ0v) is 16.1. The van der Waals surface area contributed by atoms with Crippen molar-refractivity contribution in [3.63, 3.8) is 0 Å². The van der Waals surface area contributed by atoms with E-state index < -0.39 is 0 Å². The van der Waals surface area contributed by atoms with Crippen LogP contribution in [0, 0.1) is 27.8 Å². The van der Waals surface area contributed by atoms with E-state index in [9.17, 15) is 0 Å². The number of benzene rings is 1.